The standard InChI is InChI=1S/C13H11ClN2O4/c14-8-5-10(12(18)15-6-11(17)13(19)20)16-9-4-2-1-3-7(8)9/h1-5,11,17H,6H2,(H,15,18)(H,19,20). The summed E-state index contributed by atoms with van der Waals surface area (Å²) in [4.78, 5) is 26.4. The van der Waals surface area contributed by atoms with E-state index in [1.54, 1.807) is 24.3 Å². The molecule has 0 aliphatic heterocycles. The number of nitrogens with one attached hydrogen (secondary N) is 1. The molecule has 0 bridgehead atoms. The zero-order valence-corrected chi connectivity index (χ0v) is 11.0. The third-order valence-corrected chi connectivity index (χ3v) is 2.95. The number of aliphatic hydroxyl groups is 1. The zero-order chi connectivity index (χ0) is 14.7. The van der Waals surface area contributed by atoms with E-state index in [0.717, 1.165) is 5.39 Å². The lowest BCUT2D eigenvalue weighted by molar-refractivity contribution is -0.146. The minimum atomic E-state index is -1.66. The number of aliphatic carboxylic acids is 1. The minimum absolute atomic E-state index is 0.0614. The van der Waals surface area contributed by atoms with Crippen molar-refractivity contribution in [2.24, 2.45) is 0 Å². The first-order valence-corrected chi connectivity index (χ1v) is 6.11. The summed E-state index contributed by atoms with van der Waals surface area (Å²) in [5.74, 6) is -2.01. The van der Waals surface area contributed by atoms with Crippen molar-refractivity contribution in [3.05, 3.63) is 41.0 Å². The first kappa shape index (κ1) is 14.2. The Hall–Kier alpha value is -2.18. The molecule has 1 aromatic carbocycles. The fraction of sp³-hybridized carbons (Fsp3) is 0.154. The molecule has 0 saturated carbocycles. The van der Waals surface area contributed by atoms with Crippen molar-refractivity contribution in [2.45, 2.75) is 6.10 Å². The second-order valence-corrected chi connectivity index (χ2v) is 4.48. The molecule has 1 atom stereocenters. The van der Waals surface area contributed by atoms with Crippen LogP contribution in [-0.2, 0) is 4.79 Å². The molecular weight excluding hydrogens is 284 g/mol. The highest BCUT2D eigenvalue weighted by Crippen LogP contribution is 2.22. The highest BCUT2D eigenvalue weighted by molar-refractivity contribution is 6.35. The smallest absolute Gasteiger partial charge is 0.334 e. The Morgan fingerprint density at radius 1 is 1.35 bits per heavy atom. The van der Waals surface area contributed by atoms with Crippen LogP contribution < -0.4 is 5.32 Å². The number of para-hydroxylation sites is 1. The summed E-state index contributed by atoms with van der Waals surface area (Å²) < 4.78 is 0. The molecule has 0 spiro atoms. The van der Waals surface area contributed by atoms with Crippen molar-refractivity contribution < 1.29 is 19.8 Å². The molecule has 1 amide bonds. The summed E-state index contributed by atoms with van der Waals surface area (Å²) in [7, 11) is 0. The van der Waals surface area contributed by atoms with Crippen molar-refractivity contribution in [3.63, 3.8) is 0 Å². The van der Waals surface area contributed by atoms with E-state index in [1.807, 2.05) is 0 Å². The van der Waals surface area contributed by atoms with E-state index in [2.05, 4.69) is 10.3 Å². The van der Waals surface area contributed by atoms with Gasteiger partial charge >= 0.3 is 5.97 Å². The summed E-state index contributed by atoms with van der Waals surface area (Å²) in [5, 5.41) is 21.0. The van der Waals surface area contributed by atoms with E-state index >= 15 is 0 Å². The summed E-state index contributed by atoms with van der Waals surface area (Å²) in [5.41, 5.74) is 0.621. The largest absolute Gasteiger partial charge is 0.479 e. The van der Waals surface area contributed by atoms with Gasteiger partial charge in [0.25, 0.3) is 5.91 Å². The number of hydrogen-bond acceptors (Lipinski definition) is 4. The number of aromatic nitrogens is 1. The normalized spacial score (nSPS) is 12.1. The van der Waals surface area contributed by atoms with Gasteiger partial charge in [0.05, 0.1) is 17.1 Å². The molecule has 1 heterocycles. The summed E-state index contributed by atoms with van der Waals surface area (Å²) in [6, 6.07) is 8.46. The van der Waals surface area contributed by atoms with E-state index < -0.39 is 24.5 Å². The van der Waals surface area contributed by atoms with Crippen molar-refractivity contribution >= 4 is 34.4 Å². The van der Waals surface area contributed by atoms with Gasteiger partial charge in [0.1, 0.15) is 5.69 Å². The van der Waals surface area contributed by atoms with Gasteiger partial charge in [-0.1, -0.05) is 29.8 Å². The van der Waals surface area contributed by atoms with Crippen LogP contribution in [-0.4, -0.2) is 39.7 Å². The number of carboxylic acids is 1. The van der Waals surface area contributed by atoms with Gasteiger partial charge in [-0.05, 0) is 12.1 Å². The SMILES string of the molecule is O=C(NCC(O)C(=O)O)c1cc(Cl)c2ccccc2n1. The summed E-state index contributed by atoms with van der Waals surface area (Å²) in [6.45, 7) is -0.402. The minimum Gasteiger partial charge on any atom is -0.479 e. The average molecular weight is 295 g/mol. The number of halogens is 1. The zero-order valence-electron chi connectivity index (χ0n) is 10.2. The Morgan fingerprint density at radius 3 is 2.75 bits per heavy atom. The highest BCUT2D eigenvalue weighted by Gasteiger charge is 2.16. The molecule has 3 N–H and O–H groups in total. The topological polar surface area (TPSA) is 99.5 Å². The van der Waals surface area contributed by atoms with Crippen LogP contribution in [0, 0.1) is 0 Å². The van der Waals surface area contributed by atoms with E-state index in [0.29, 0.717) is 10.5 Å². The predicted octanol–water partition coefficient (Wildman–Crippen LogP) is 1.06. The molecular formula is C13H11ClN2O4. The van der Waals surface area contributed by atoms with E-state index in [4.69, 9.17) is 21.8 Å². The lowest BCUT2D eigenvalue weighted by Crippen LogP contribution is -2.36. The second-order valence-electron chi connectivity index (χ2n) is 4.07. The van der Waals surface area contributed by atoms with Gasteiger partial charge in [-0.3, -0.25) is 4.79 Å². The first-order valence-electron chi connectivity index (χ1n) is 5.73. The first-order chi connectivity index (χ1) is 9.49. The van der Waals surface area contributed by atoms with Crippen LogP contribution in [0.4, 0.5) is 0 Å². The lowest BCUT2D eigenvalue weighted by atomic mass is 10.2. The van der Waals surface area contributed by atoms with E-state index in [-0.39, 0.29) is 5.69 Å². The Bertz CT molecular complexity index is 674. The van der Waals surface area contributed by atoms with Crippen molar-refractivity contribution in [2.75, 3.05) is 6.54 Å². The van der Waals surface area contributed by atoms with Crippen LogP contribution in [0.25, 0.3) is 10.9 Å². The van der Waals surface area contributed by atoms with Crippen LogP contribution in [0.3, 0.4) is 0 Å². The molecule has 0 fully saturated rings. The molecule has 2 aromatic rings. The Morgan fingerprint density at radius 2 is 2.05 bits per heavy atom. The fourth-order valence-corrected chi connectivity index (χ4v) is 1.88. The quantitative estimate of drug-likeness (QED) is 0.783. The molecule has 20 heavy (non-hydrogen) atoms. The Labute approximate surface area is 119 Å². The van der Waals surface area contributed by atoms with Gasteiger partial charge in [-0.2, -0.15) is 0 Å². The lowest BCUT2D eigenvalue weighted by Gasteiger charge is -2.08. The van der Waals surface area contributed by atoms with Gasteiger partial charge < -0.3 is 15.5 Å². The van der Waals surface area contributed by atoms with Crippen LogP contribution >= 0.6 is 11.6 Å². The average Bonchev–Trinajstić information content (AvgIpc) is 2.44. The molecule has 1 aromatic heterocycles. The Balaban J connectivity index is 2.20. The molecule has 2 rings (SSSR count). The number of carboxylic acid groups (broad SMARTS) is 1. The number of pyridine rings is 1. The van der Waals surface area contributed by atoms with Gasteiger partial charge in [0.15, 0.2) is 6.10 Å². The fourth-order valence-electron chi connectivity index (χ4n) is 1.62. The van der Waals surface area contributed by atoms with Crippen molar-refractivity contribution in [1.82, 2.24) is 10.3 Å². The number of nitrogens with zero attached hydrogens (tertiary/aromatic N) is 1. The number of amides is 1. The van der Waals surface area contributed by atoms with Crippen molar-refractivity contribution in [1.29, 1.82) is 0 Å². The van der Waals surface area contributed by atoms with Gasteiger partial charge in [0.2, 0.25) is 0 Å². The number of hydrogen-bond donors (Lipinski definition) is 3. The van der Waals surface area contributed by atoms with Crippen LogP contribution in [0.1, 0.15) is 10.5 Å². The van der Waals surface area contributed by atoms with Crippen LogP contribution in [0.15, 0.2) is 30.3 Å². The maximum Gasteiger partial charge on any atom is 0.334 e. The summed E-state index contributed by atoms with van der Waals surface area (Å²) >= 11 is 6.06. The molecule has 1 unspecified atom stereocenters. The second kappa shape index (κ2) is 5.85. The Kier molecular flexibility index (Phi) is 4.16. The number of aliphatic hydroxyl groups excluding tert-OH is 1. The highest BCUT2D eigenvalue weighted by atomic mass is 35.5. The number of carbonyl (C=O) groups excluding carboxylic acids is 1. The molecule has 0 radical (unpaired) electrons. The molecule has 7 heteroatoms. The van der Waals surface area contributed by atoms with Crippen LogP contribution in [0.5, 0.6) is 0 Å². The van der Waals surface area contributed by atoms with Crippen molar-refractivity contribution in [3.8, 4) is 0 Å². The van der Waals surface area contributed by atoms with E-state index in [1.165, 1.54) is 6.07 Å². The molecule has 0 saturated heterocycles. The number of carbonyl (C=O) groups is 2. The van der Waals surface area contributed by atoms with Crippen LogP contribution in [0.2, 0.25) is 5.02 Å². The number of rotatable bonds is 4. The molecule has 0 aliphatic carbocycles. The third-order valence-electron chi connectivity index (χ3n) is 2.64. The summed E-state index contributed by atoms with van der Waals surface area (Å²) in [6.07, 6.45) is -1.66. The van der Waals surface area contributed by atoms with Gasteiger partial charge in [-0.25, -0.2) is 9.78 Å². The van der Waals surface area contributed by atoms with Gasteiger partial charge in [0, 0.05) is 5.39 Å². The molecule has 104 valence electrons. The number of fused-ring (bicyclic) bond motifs is 1. The van der Waals surface area contributed by atoms with E-state index in [9.17, 15) is 9.59 Å². The molecule has 0 aliphatic rings. The van der Waals surface area contributed by atoms with Gasteiger partial charge in [-0.15, -0.1) is 0 Å². The third kappa shape index (κ3) is 3.04. The maximum absolute atomic E-state index is 11.8. The monoisotopic (exact) mass is 294 g/mol. The maximum atomic E-state index is 11.8. The number of benzene rings is 1. The predicted molar refractivity (Wildman–Crippen MR) is 72.7 cm³/mol. The molecule has 6 nitrogen and oxygen atoms in total.